The number of hydrogen-bond acceptors (Lipinski definition) is 1. The summed E-state index contributed by atoms with van der Waals surface area (Å²) in [5.41, 5.74) is 0. The molecule has 2 heteroatoms. The Labute approximate surface area is 165 Å². The van der Waals surface area contributed by atoms with Crippen molar-refractivity contribution in [1.82, 2.24) is 4.90 Å². The van der Waals surface area contributed by atoms with E-state index < -0.39 is 0 Å². The van der Waals surface area contributed by atoms with E-state index in [1.54, 1.807) is 0 Å². The average molecular weight is 440 g/mol. The summed E-state index contributed by atoms with van der Waals surface area (Å²) in [6.07, 6.45) is 20.0. The van der Waals surface area contributed by atoms with Gasteiger partial charge in [0.2, 0.25) is 0 Å². The van der Waals surface area contributed by atoms with Crippen molar-refractivity contribution in [3.63, 3.8) is 0 Å². The van der Waals surface area contributed by atoms with Crippen molar-refractivity contribution >= 4 is 24.0 Å². The molecule has 1 unspecified atom stereocenters. The molecule has 1 nitrogen and oxygen atoms in total. The Hall–Kier alpha value is 0.690. The zero-order chi connectivity index (χ0) is 16.6. The molecule has 0 saturated carbocycles. The maximum Gasteiger partial charge on any atom is 0.00891 e. The highest BCUT2D eigenvalue weighted by molar-refractivity contribution is 14.0. The third kappa shape index (κ3) is 18.9. The van der Waals surface area contributed by atoms with Crippen molar-refractivity contribution in [3.05, 3.63) is 0 Å². The maximum absolute atomic E-state index is 2.46. The van der Waals surface area contributed by atoms with Crippen LogP contribution in [0, 0.1) is 5.92 Å². The van der Waals surface area contributed by atoms with Crippen LogP contribution in [0.1, 0.15) is 111 Å². The Morgan fingerprint density at radius 2 is 1.00 bits per heavy atom. The highest BCUT2D eigenvalue weighted by Gasteiger charge is 2.10. The number of unbranched alkanes of at least 4 members (excludes halogenated alkanes) is 9. The minimum absolute atomic E-state index is 0. The van der Waals surface area contributed by atoms with Gasteiger partial charge in [-0.05, 0) is 32.9 Å². The van der Waals surface area contributed by atoms with Crippen LogP contribution < -0.4 is 0 Å². The predicted octanol–water partition coefficient (Wildman–Crippen LogP) is 7.67. The van der Waals surface area contributed by atoms with Gasteiger partial charge in [-0.3, -0.25) is 0 Å². The summed E-state index contributed by atoms with van der Waals surface area (Å²) in [5.74, 6) is 0.877. The lowest BCUT2D eigenvalue weighted by molar-refractivity contribution is 0.251. The molecule has 0 aliphatic heterocycles. The zero-order valence-corrected chi connectivity index (χ0v) is 19.2. The van der Waals surface area contributed by atoms with Crippen LogP contribution >= 0.6 is 24.0 Å². The lowest BCUT2D eigenvalue weighted by Crippen LogP contribution is -2.27. The SMILES string of the molecule is CCCCCCCCCCC(CCCCCC(C)C)N(C)C.I. The summed E-state index contributed by atoms with van der Waals surface area (Å²) >= 11 is 0. The van der Waals surface area contributed by atoms with Gasteiger partial charge in [0, 0.05) is 6.04 Å². The lowest BCUT2D eigenvalue weighted by Gasteiger charge is -2.24. The van der Waals surface area contributed by atoms with Crippen molar-refractivity contribution in [2.45, 2.75) is 117 Å². The molecule has 0 heterocycles. The van der Waals surface area contributed by atoms with Crippen LogP contribution in [0.4, 0.5) is 0 Å². The first-order chi connectivity index (χ1) is 10.6. The summed E-state index contributed by atoms with van der Waals surface area (Å²) in [6.45, 7) is 6.97. The first kappa shape index (κ1) is 25.9. The summed E-state index contributed by atoms with van der Waals surface area (Å²) in [4.78, 5) is 2.46. The smallest absolute Gasteiger partial charge is 0.00891 e. The van der Waals surface area contributed by atoms with Crippen LogP contribution in [0.25, 0.3) is 0 Å². The van der Waals surface area contributed by atoms with E-state index in [-0.39, 0.29) is 24.0 Å². The van der Waals surface area contributed by atoms with Gasteiger partial charge in [-0.1, -0.05) is 97.8 Å². The highest BCUT2D eigenvalue weighted by Crippen LogP contribution is 2.17. The fraction of sp³-hybridized carbons (Fsp3) is 1.00. The van der Waals surface area contributed by atoms with Gasteiger partial charge in [0.25, 0.3) is 0 Å². The van der Waals surface area contributed by atoms with Gasteiger partial charge in [0.15, 0.2) is 0 Å². The predicted molar refractivity (Wildman–Crippen MR) is 118 cm³/mol. The monoisotopic (exact) mass is 439 g/mol. The van der Waals surface area contributed by atoms with Crippen LogP contribution in [0.5, 0.6) is 0 Å². The van der Waals surface area contributed by atoms with Crippen LogP contribution in [0.2, 0.25) is 0 Å². The van der Waals surface area contributed by atoms with Crippen molar-refractivity contribution in [1.29, 1.82) is 0 Å². The van der Waals surface area contributed by atoms with Crippen molar-refractivity contribution in [3.8, 4) is 0 Å². The van der Waals surface area contributed by atoms with Crippen molar-refractivity contribution in [2.24, 2.45) is 5.92 Å². The molecule has 0 saturated heterocycles. The first-order valence-corrected chi connectivity index (χ1v) is 10.2. The molecule has 0 amide bonds. The van der Waals surface area contributed by atoms with E-state index >= 15 is 0 Å². The molecule has 0 N–H and O–H groups in total. The fourth-order valence-corrected chi connectivity index (χ4v) is 3.28. The summed E-state index contributed by atoms with van der Waals surface area (Å²) in [5, 5.41) is 0. The summed E-state index contributed by atoms with van der Waals surface area (Å²) in [6, 6.07) is 0.819. The van der Waals surface area contributed by atoms with Gasteiger partial charge in [0.1, 0.15) is 0 Å². The van der Waals surface area contributed by atoms with Gasteiger partial charge in [-0.2, -0.15) is 0 Å². The number of nitrogens with zero attached hydrogens (tertiary/aromatic N) is 1. The van der Waals surface area contributed by atoms with Gasteiger partial charge in [-0.25, -0.2) is 0 Å². The van der Waals surface area contributed by atoms with Crippen molar-refractivity contribution < 1.29 is 0 Å². The molecule has 23 heavy (non-hydrogen) atoms. The Kier molecular flexibility index (Phi) is 21.4. The molecule has 0 radical (unpaired) electrons. The maximum atomic E-state index is 2.46. The number of hydrogen-bond donors (Lipinski definition) is 0. The molecule has 0 aromatic carbocycles. The molecule has 1 atom stereocenters. The molecular weight excluding hydrogens is 393 g/mol. The minimum atomic E-state index is 0. The quantitative estimate of drug-likeness (QED) is 0.176. The van der Waals surface area contributed by atoms with Crippen LogP contribution in [0.3, 0.4) is 0 Å². The Morgan fingerprint density at radius 3 is 1.43 bits per heavy atom. The molecular formula is C21H46IN. The molecule has 0 spiro atoms. The Morgan fingerprint density at radius 1 is 0.609 bits per heavy atom. The van der Waals surface area contributed by atoms with E-state index in [0.29, 0.717) is 0 Å². The van der Waals surface area contributed by atoms with E-state index in [0.717, 1.165) is 12.0 Å². The van der Waals surface area contributed by atoms with Crippen LogP contribution in [-0.4, -0.2) is 25.0 Å². The average Bonchev–Trinajstić information content (AvgIpc) is 2.46. The minimum Gasteiger partial charge on any atom is -0.306 e. The third-order valence-electron chi connectivity index (χ3n) is 4.94. The molecule has 0 bridgehead atoms. The summed E-state index contributed by atoms with van der Waals surface area (Å²) < 4.78 is 0. The molecule has 0 aliphatic rings. The van der Waals surface area contributed by atoms with Gasteiger partial charge in [0.05, 0.1) is 0 Å². The third-order valence-corrected chi connectivity index (χ3v) is 4.94. The second kappa shape index (κ2) is 19.0. The molecule has 0 fully saturated rings. The molecule has 0 aromatic rings. The Balaban J connectivity index is 0. The normalized spacial score (nSPS) is 12.7. The molecule has 0 rings (SSSR count). The molecule has 0 aromatic heterocycles. The standard InChI is InChI=1S/C21H45N.HI/c1-6-7-8-9-10-11-12-15-18-21(22(4)5)19-16-13-14-17-20(2)3;/h20-21H,6-19H2,1-5H3;1H. The van der Waals surface area contributed by atoms with Gasteiger partial charge in [-0.15, -0.1) is 24.0 Å². The van der Waals surface area contributed by atoms with Crippen molar-refractivity contribution in [2.75, 3.05) is 14.1 Å². The summed E-state index contributed by atoms with van der Waals surface area (Å²) in [7, 11) is 4.53. The first-order valence-electron chi connectivity index (χ1n) is 10.2. The second-order valence-corrected chi connectivity index (χ2v) is 7.91. The van der Waals surface area contributed by atoms with Gasteiger partial charge < -0.3 is 4.90 Å². The number of halogens is 1. The second-order valence-electron chi connectivity index (χ2n) is 7.91. The van der Waals surface area contributed by atoms with E-state index in [2.05, 4.69) is 39.8 Å². The highest BCUT2D eigenvalue weighted by atomic mass is 127. The molecule has 142 valence electrons. The lowest BCUT2D eigenvalue weighted by atomic mass is 9.98. The fourth-order valence-electron chi connectivity index (χ4n) is 3.28. The largest absolute Gasteiger partial charge is 0.306 e. The van der Waals surface area contributed by atoms with E-state index in [1.165, 1.54) is 89.9 Å². The van der Waals surface area contributed by atoms with Crippen LogP contribution in [0.15, 0.2) is 0 Å². The van der Waals surface area contributed by atoms with Crippen LogP contribution in [-0.2, 0) is 0 Å². The van der Waals surface area contributed by atoms with E-state index in [1.807, 2.05) is 0 Å². The molecule has 0 aliphatic carbocycles. The zero-order valence-electron chi connectivity index (χ0n) is 16.9. The number of rotatable bonds is 16. The van der Waals surface area contributed by atoms with E-state index in [4.69, 9.17) is 0 Å². The topological polar surface area (TPSA) is 3.24 Å². The Bertz CT molecular complexity index is 216. The van der Waals surface area contributed by atoms with Gasteiger partial charge >= 0.3 is 0 Å². The van der Waals surface area contributed by atoms with E-state index in [9.17, 15) is 0 Å².